The molecule has 0 aliphatic rings. The molecule has 1 rings (SSSR count). The minimum atomic E-state index is -0.404. The van der Waals surface area contributed by atoms with Crippen molar-refractivity contribution < 1.29 is 0 Å². The molecule has 4 nitrogen and oxygen atoms in total. The van der Waals surface area contributed by atoms with E-state index in [1.54, 1.807) is 0 Å². The van der Waals surface area contributed by atoms with E-state index in [-0.39, 0.29) is 0 Å². The van der Waals surface area contributed by atoms with Crippen LogP contribution < -0.4 is 5.32 Å². The quantitative estimate of drug-likeness (QED) is 0.820. The number of aryl methyl sites for hydroxylation is 2. The van der Waals surface area contributed by atoms with Gasteiger partial charge in [-0.3, -0.25) is 5.32 Å². The molecule has 0 saturated carbocycles. The first-order valence-electron chi connectivity index (χ1n) is 6.17. The summed E-state index contributed by atoms with van der Waals surface area (Å²) in [4.78, 5) is 4.27. The number of hydrogen-bond acceptors (Lipinski definition) is 3. The average molecular weight is 234 g/mol. The largest absolute Gasteiger partial charge is 0.335 e. The van der Waals surface area contributed by atoms with Crippen LogP contribution in [-0.4, -0.2) is 21.6 Å². The second-order valence-corrected chi connectivity index (χ2v) is 4.69. The van der Waals surface area contributed by atoms with Gasteiger partial charge in [-0.2, -0.15) is 5.26 Å². The fourth-order valence-electron chi connectivity index (χ4n) is 1.95. The Hall–Kier alpha value is -1.34. The second-order valence-electron chi connectivity index (χ2n) is 4.69. The van der Waals surface area contributed by atoms with Crippen molar-refractivity contribution >= 4 is 0 Å². The Morgan fingerprint density at radius 1 is 1.53 bits per heavy atom. The Morgan fingerprint density at radius 2 is 2.24 bits per heavy atom. The number of hydrogen-bond donors (Lipinski definition) is 1. The first-order chi connectivity index (χ1) is 8.02. The van der Waals surface area contributed by atoms with Crippen LogP contribution in [-0.2, 0) is 6.54 Å². The van der Waals surface area contributed by atoms with Gasteiger partial charge in [-0.15, -0.1) is 0 Å². The van der Waals surface area contributed by atoms with Crippen molar-refractivity contribution in [3.8, 4) is 6.07 Å². The SMILES string of the molecule is CCNC(C)(C#N)CCCn1cnc(C)c1C. The topological polar surface area (TPSA) is 53.6 Å². The highest BCUT2D eigenvalue weighted by Gasteiger charge is 2.21. The molecule has 0 radical (unpaired) electrons. The number of rotatable bonds is 6. The minimum absolute atomic E-state index is 0.404. The third-order valence-electron chi connectivity index (χ3n) is 3.23. The van der Waals surface area contributed by atoms with E-state index in [1.807, 2.05) is 27.1 Å². The lowest BCUT2D eigenvalue weighted by molar-refractivity contribution is 0.402. The zero-order valence-corrected chi connectivity index (χ0v) is 11.2. The van der Waals surface area contributed by atoms with E-state index in [0.29, 0.717) is 0 Å². The molecular weight excluding hydrogens is 212 g/mol. The molecule has 0 bridgehead atoms. The summed E-state index contributed by atoms with van der Waals surface area (Å²) in [5, 5.41) is 12.4. The van der Waals surface area contributed by atoms with Crippen molar-refractivity contribution in [2.75, 3.05) is 6.54 Å². The predicted molar refractivity (Wildman–Crippen MR) is 68.6 cm³/mol. The lowest BCUT2D eigenvalue weighted by Gasteiger charge is -2.22. The maximum Gasteiger partial charge on any atom is 0.103 e. The van der Waals surface area contributed by atoms with Gasteiger partial charge in [0.2, 0.25) is 0 Å². The molecule has 0 aromatic carbocycles. The van der Waals surface area contributed by atoms with Gasteiger partial charge in [0.25, 0.3) is 0 Å². The molecule has 17 heavy (non-hydrogen) atoms. The highest BCUT2D eigenvalue weighted by atomic mass is 15.0. The molecule has 0 aliphatic heterocycles. The van der Waals surface area contributed by atoms with Crippen LogP contribution in [0.2, 0.25) is 0 Å². The average Bonchev–Trinajstić information content (AvgIpc) is 2.61. The van der Waals surface area contributed by atoms with Gasteiger partial charge in [-0.05, 0) is 40.2 Å². The highest BCUT2D eigenvalue weighted by Crippen LogP contribution is 2.13. The van der Waals surface area contributed by atoms with Crippen LogP contribution in [0, 0.1) is 25.2 Å². The third kappa shape index (κ3) is 3.57. The Kier molecular flexibility index (Phi) is 4.71. The Morgan fingerprint density at radius 3 is 2.71 bits per heavy atom. The third-order valence-corrected chi connectivity index (χ3v) is 3.23. The van der Waals surface area contributed by atoms with Gasteiger partial charge >= 0.3 is 0 Å². The summed E-state index contributed by atoms with van der Waals surface area (Å²) in [6.45, 7) is 9.84. The number of nitriles is 1. The number of nitrogens with zero attached hydrogens (tertiary/aromatic N) is 3. The molecule has 0 aliphatic carbocycles. The lowest BCUT2D eigenvalue weighted by Crippen LogP contribution is -2.40. The van der Waals surface area contributed by atoms with Gasteiger partial charge < -0.3 is 4.57 Å². The summed E-state index contributed by atoms with van der Waals surface area (Å²) in [6, 6.07) is 2.35. The summed E-state index contributed by atoms with van der Waals surface area (Å²) >= 11 is 0. The summed E-state index contributed by atoms with van der Waals surface area (Å²) < 4.78 is 2.15. The molecular formula is C13H22N4. The van der Waals surface area contributed by atoms with Crippen LogP contribution in [0.5, 0.6) is 0 Å². The standard InChI is InChI=1S/C13H22N4/c1-5-16-13(4,9-14)7-6-8-17-10-15-11(2)12(17)3/h10,16H,5-8H2,1-4H3. The van der Waals surface area contributed by atoms with Gasteiger partial charge in [0.05, 0.1) is 18.1 Å². The number of imidazole rings is 1. The summed E-state index contributed by atoms with van der Waals surface area (Å²) in [6.07, 6.45) is 3.71. The van der Waals surface area contributed by atoms with E-state index < -0.39 is 5.54 Å². The fourth-order valence-corrected chi connectivity index (χ4v) is 1.95. The first kappa shape index (κ1) is 13.7. The van der Waals surface area contributed by atoms with Crippen LogP contribution in [0.15, 0.2) is 6.33 Å². The van der Waals surface area contributed by atoms with E-state index in [2.05, 4.69) is 27.9 Å². The van der Waals surface area contributed by atoms with Crippen molar-refractivity contribution in [2.45, 2.75) is 52.6 Å². The molecule has 4 heteroatoms. The van der Waals surface area contributed by atoms with Crippen LogP contribution >= 0.6 is 0 Å². The van der Waals surface area contributed by atoms with Crippen molar-refractivity contribution in [3.05, 3.63) is 17.7 Å². The van der Waals surface area contributed by atoms with E-state index in [4.69, 9.17) is 5.26 Å². The number of nitrogens with one attached hydrogen (secondary N) is 1. The molecule has 1 unspecified atom stereocenters. The summed E-state index contributed by atoms with van der Waals surface area (Å²) in [5.41, 5.74) is 1.89. The monoisotopic (exact) mass is 234 g/mol. The van der Waals surface area contributed by atoms with Crippen molar-refractivity contribution in [1.82, 2.24) is 14.9 Å². The Labute approximate surface area is 104 Å². The predicted octanol–water partition coefficient (Wildman–Crippen LogP) is 2.17. The highest BCUT2D eigenvalue weighted by molar-refractivity contribution is 5.08. The van der Waals surface area contributed by atoms with E-state index in [1.165, 1.54) is 5.69 Å². The molecule has 1 atom stereocenters. The molecule has 0 fully saturated rings. The van der Waals surface area contributed by atoms with E-state index >= 15 is 0 Å². The van der Waals surface area contributed by atoms with Crippen molar-refractivity contribution in [3.63, 3.8) is 0 Å². The Bertz CT molecular complexity index is 402. The molecule has 0 amide bonds. The van der Waals surface area contributed by atoms with Crippen LogP contribution in [0.3, 0.4) is 0 Å². The van der Waals surface area contributed by atoms with Gasteiger partial charge in [0.1, 0.15) is 5.54 Å². The molecule has 1 aromatic heterocycles. The van der Waals surface area contributed by atoms with Crippen molar-refractivity contribution in [1.29, 1.82) is 5.26 Å². The summed E-state index contributed by atoms with van der Waals surface area (Å²) in [5.74, 6) is 0. The van der Waals surface area contributed by atoms with Crippen molar-refractivity contribution in [2.24, 2.45) is 0 Å². The molecule has 1 N–H and O–H groups in total. The van der Waals surface area contributed by atoms with E-state index in [9.17, 15) is 0 Å². The number of aromatic nitrogens is 2. The molecule has 0 saturated heterocycles. The zero-order valence-electron chi connectivity index (χ0n) is 11.2. The van der Waals surface area contributed by atoms with Gasteiger partial charge in [0, 0.05) is 12.2 Å². The van der Waals surface area contributed by atoms with Crippen LogP contribution in [0.4, 0.5) is 0 Å². The molecule has 1 aromatic rings. The molecule has 1 heterocycles. The van der Waals surface area contributed by atoms with Crippen LogP contribution in [0.1, 0.15) is 38.1 Å². The van der Waals surface area contributed by atoms with Gasteiger partial charge in [-0.25, -0.2) is 4.98 Å². The maximum absolute atomic E-state index is 9.14. The Balaban J connectivity index is 2.47. The first-order valence-corrected chi connectivity index (χ1v) is 6.17. The summed E-state index contributed by atoms with van der Waals surface area (Å²) in [7, 11) is 0. The van der Waals surface area contributed by atoms with E-state index in [0.717, 1.165) is 31.6 Å². The van der Waals surface area contributed by atoms with Gasteiger partial charge in [0.15, 0.2) is 0 Å². The zero-order chi connectivity index (χ0) is 12.9. The lowest BCUT2D eigenvalue weighted by atomic mass is 9.97. The minimum Gasteiger partial charge on any atom is -0.335 e. The second kappa shape index (κ2) is 5.83. The maximum atomic E-state index is 9.14. The van der Waals surface area contributed by atoms with Crippen LogP contribution in [0.25, 0.3) is 0 Å². The van der Waals surface area contributed by atoms with Gasteiger partial charge in [-0.1, -0.05) is 6.92 Å². The molecule has 0 spiro atoms. The molecule has 94 valence electrons. The fraction of sp³-hybridized carbons (Fsp3) is 0.692. The smallest absolute Gasteiger partial charge is 0.103 e. The normalized spacial score (nSPS) is 14.3.